The lowest BCUT2D eigenvalue weighted by atomic mass is 10.1. The molecule has 5 heteroatoms. The summed E-state index contributed by atoms with van der Waals surface area (Å²) >= 11 is 6.02. The molecule has 0 bridgehead atoms. The zero-order valence-electron chi connectivity index (χ0n) is 10.8. The van der Waals surface area contributed by atoms with Gasteiger partial charge in [0.25, 0.3) is 5.56 Å². The lowest BCUT2D eigenvalue weighted by Gasteiger charge is -2.17. The van der Waals surface area contributed by atoms with Gasteiger partial charge >= 0.3 is 0 Å². The van der Waals surface area contributed by atoms with Crippen molar-refractivity contribution in [3.05, 3.63) is 21.6 Å². The molecule has 0 fully saturated rings. The number of aromatic nitrogens is 2. The summed E-state index contributed by atoms with van der Waals surface area (Å²) in [6.07, 6.45) is 2.64. The minimum atomic E-state index is -0.240. The zero-order valence-corrected chi connectivity index (χ0v) is 11.6. The third kappa shape index (κ3) is 3.73. The van der Waals surface area contributed by atoms with Crippen molar-refractivity contribution in [2.75, 3.05) is 5.32 Å². The van der Waals surface area contributed by atoms with Crippen molar-refractivity contribution in [2.24, 2.45) is 5.92 Å². The molecular weight excluding hydrogens is 238 g/mol. The van der Waals surface area contributed by atoms with E-state index in [1.54, 1.807) is 6.20 Å². The average Bonchev–Trinajstić information content (AvgIpc) is 2.24. The van der Waals surface area contributed by atoms with Gasteiger partial charge in [0, 0.05) is 12.6 Å². The van der Waals surface area contributed by atoms with E-state index < -0.39 is 0 Å². The molecule has 0 amide bonds. The van der Waals surface area contributed by atoms with Crippen molar-refractivity contribution in [1.82, 2.24) is 9.78 Å². The van der Waals surface area contributed by atoms with Gasteiger partial charge < -0.3 is 5.32 Å². The SMILES string of the molecule is CCn1ncc(NC(C)CC(C)C)c(Cl)c1=O. The van der Waals surface area contributed by atoms with Gasteiger partial charge in [0.05, 0.1) is 11.9 Å². The second-order valence-electron chi connectivity index (χ2n) is 4.67. The Morgan fingerprint density at radius 2 is 2.12 bits per heavy atom. The fraction of sp³-hybridized carbons (Fsp3) is 0.667. The van der Waals surface area contributed by atoms with E-state index in [1.807, 2.05) is 6.92 Å². The van der Waals surface area contributed by atoms with Crippen LogP contribution in [0.4, 0.5) is 5.69 Å². The number of halogens is 1. The highest BCUT2D eigenvalue weighted by Crippen LogP contribution is 2.18. The van der Waals surface area contributed by atoms with Gasteiger partial charge in [-0.25, -0.2) is 4.68 Å². The van der Waals surface area contributed by atoms with Crippen LogP contribution in [0.25, 0.3) is 0 Å². The number of hydrogen-bond donors (Lipinski definition) is 1. The first-order valence-electron chi connectivity index (χ1n) is 5.97. The van der Waals surface area contributed by atoms with Crippen molar-refractivity contribution in [2.45, 2.75) is 46.7 Å². The van der Waals surface area contributed by atoms with Crippen LogP contribution in [0.15, 0.2) is 11.0 Å². The van der Waals surface area contributed by atoms with Crippen molar-refractivity contribution in [3.63, 3.8) is 0 Å². The van der Waals surface area contributed by atoms with Crippen molar-refractivity contribution >= 4 is 17.3 Å². The van der Waals surface area contributed by atoms with Crippen LogP contribution in [0, 0.1) is 5.92 Å². The molecule has 0 saturated carbocycles. The second kappa shape index (κ2) is 6.05. The van der Waals surface area contributed by atoms with Crippen molar-refractivity contribution in [1.29, 1.82) is 0 Å². The molecule has 17 heavy (non-hydrogen) atoms. The largest absolute Gasteiger partial charge is 0.380 e. The van der Waals surface area contributed by atoms with Crippen LogP contribution < -0.4 is 10.9 Å². The number of aryl methyl sites for hydroxylation is 1. The third-order valence-corrected chi connectivity index (χ3v) is 2.88. The van der Waals surface area contributed by atoms with E-state index in [9.17, 15) is 4.79 Å². The maximum absolute atomic E-state index is 11.8. The van der Waals surface area contributed by atoms with E-state index in [-0.39, 0.29) is 16.6 Å². The fourth-order valence-corrected chi connectivity index (χ4v) is 2.02. The normalized spacial score (nSPS) is 12.8. The first kappa shape index (κ1) is 14.0. The Morgan fingerprint density at radius 1 is 1.47 bits per heavy atom. The van der Waals surface area contributed by atoms with Crippen LogP contribution in [-0.4, -0.2) is 15.8 Å². The lowest BCUT2D eigenvalue weighted by molar-refractivity contribution is 0.538. The van der Waals surface area contributed by atoms with Crippen LogP contribution >= 0.6 is 11.6 Å². The van der Waals surface area contributed by atoms with E-state index in [1.165, 1.54) is 4.68 Å². The monoisotopic (exact) mass is 257 g/mol. The van der Waals surface area contributed by atoms with Gasteiger partial charge in [0.1, 0.15) is 5.02 Å². The number of anilines is 1. The highest BCUT2D eigenvalue weighted by molar-refractivity contribution is 6.32. The Balaban J connectivity index is 2.86. The first-order valence-corrected chi connectivity index (χ1v) is 6.35. The number of nitrogens with one attached hydrogen (secondary N) is 1. The summed E-state index contributed by atoms with van der Waals surface area (Å²) in [5, 5.41) is 7.49. The quantitative estimate of drug-likeness (QED) is 0.882. The maximum atomic E-state index is 11.8. The van der Waals surface area contributed by atoms with Crippen LogP contribution in [-0.2, 0) is 6.54 Å². The van der Waals surface area contributed by atoms with Crippen LogP contribution in [0.3, 0.4) is 0 Å². The lowest BCUT2D eigenvalue weighted by Crippen LogP contribution is -2.25. The van der Waals surface area contributed by atoms with E-state index in [0.717, 1.165) is 6.42 Å². The molecule has 0 aliphatic rings. The standard InChI is InChI=1S/C12H20ClN3O/c1-5-16-12(17)11(13)10(7-14-16)15-9(4)6-8(2)3/h7-9,15H,5-6H2,1-4H3. The molecule has 0 radical (unpaired) electrons. The molecule has 1 aromatic rings. The molecule has 0 aliphatic carbocycles. The van der Waals surface area contributed by atoms with Gasteiger partial charge in [0.15, 0.2) is 0 Å². The molecule has 1 heterocycles. The number of rotatable bonds is 5. The Kier molecular flexibility index (Phi) is 5.00. The summed E-state index contributed by atoms with van der Waals surface area (Å²) in [6.45, 7) is 8.78. The molecule has 1 N–H and O–H groups in total. The summed E-state index contributed by atoms with van der Waals surface area (Å²) in [5.74, 6) is 0.597. The van der Waals surface area contributed by atoms with Gasteiger partial charge in [-0.2, -0.15) is 5.10 Å². The van der Waals surface area contributed by atoms with Gasteiger partial charge in [-0.15, -0.1) is 0 Å². The predicted molar refractivity (Wildman–Crippen MR) is 71.7 cm³/mol. The molecule has 1 rings (SSSR count). The Bertz CT molecular complexity index is 428. The highest BCUT2D eigenvalue weighted by Gasteiger charge is 2.11. The van der Waals surface area contributed by atoms with Crippen LogP contribution in [0.1, 0.15) is 34.1 Å². The molecule has 0 saturated heterocycles. The summed E-state index contributed by atoms with van der Waals surface area (Å²) < 4.78 is 1.35. The summed E-state index contributed by atoms with van der Waals surface area (Å²) in [4.78, 5) is 11.8. The second-order valence-corrected chi connectivity index (χ2v) is 5.05. The van der Waals surface area contributed by atoms with E-state index >= 15 is 0 Å². The molecule has 96 valence electrons. The third-order valence-electron chi connectivity index (χ3n) is 2.51. The minimum absolute atomic E-state index is 0.220. The minimum Gasteiger partial charge on any atom is -0.380 e. The molecule has 0 spiro atoms. The maximum Gasteiger partial charge on any atom is 0.287 e. The average molecular weight is 258 g/mol. The fourth-order valence-electron chi connectivity index (χ4n) is 1.82. The summed E-state index contributed by atoms with van der Waals surface area (Å²) in [7, 11) is 0. The van der Waals surface area contributed by atoms with Crippen LogP contribution in [0.2, 0.25) is 5.02 Å². The number of hydrogen-bond acceptors (Lipinski definition) is 3. The van der Waals surface area contributed by atoms with Gasteiger partial charge in [-0.1, -0.05) is 25.4 Å². The molecular formula is C12H20ClN3O. The van der Waals surface area contributed by atoms with Gasteiger partial charge in [-0.3, -0.25) is 4.79 Å². The molecule has 1 unspecified atom stereocenters. The molecule has 0 aliphatic heterocycles. The molecule has 1 aromatic heterocycles. The Labute approximate surface area is 107 Å². The Hall–Kier alpha value is -1.03. The highest BCUT2D eigenvalue weighted by atomic mass is 35.5. The van der Waals surface area contributed by atoms with Crippen molar-refractivity contribution < 1.29 is 0 Å². The summed E-state index contributed by atoms with van der Waals surface area (Å²) in [6, 6.07) is 0.270. The first-order chi connectivity index (χ1) is 7.95. The Morgan fingerprint density at radius 3 is 2.65 bits per heavy atom. The van der Waals surface area contributed by atoms with Crippen LogP contribution in [0.5, 0.6) is 0 Å². The number of nitrogens with zero attached hydrogens (tertiary/aromatic N) is 2. The topological polar surface area (TPSA) is 46.9 Å². The van der Waals surface area contributed by atoms with Gasteiger partial charge in [0.2, 0.25) is 0 Å². The molecule has 1 atom stereocenters. The van der Waals surface area contributed by atoms with E-state index in [2.05, 4.69) is 31.2 Å². The summed E-state index contributed by atoms with van der Waals surface area (Å²) in [5.41, 5.74) is 0.380. The predicted octanol–water partition coefficient (Wildman–Crippen LogP) is 2.76. The molecule has 0 aromatic carbocycles. The molecule has 4 nitrogen and oxygen atoms in total. The van der Waals surface area contributed by atoms with E-state index in [4.69, 9.17) is 11.6 Å². The van der Waals surface area contributed by atoms with Gasteiger partial charge in [-0.05, 0) is 26.2 Å². The van der Waals surface area contributed by atoms with E-state index in [0.29, 0.717) is 18.2 Å². The zero-order chi connectivity index (χ0) is 13.0. The van der Waals surface area contributed by atoms with Crippen molar-refractivity contribution in [3.8, 4) is 0 Å². The smallest absolute Gasteiger partial charge is 0.287 e.